The Bertz CT molecular complexity index is 2060. The molecular formula is C40H46Cl2N8O6S2. The van der Waals surface area contributed by atoms with Gasteiger partial charge in [-0.3, -0.25) is 34.4 Å². The number of likely N-dealkylation sites (N-methyl/N-ethyl adjacent to an activating group) is 1. The number of rotatable bonds is 16. The minimum Gasteiger partial charge on any atom is -0.444 e. The number of benzene rings is 2. The van der Waals surface area contributed by atoms with Gasteiger partial charge in [0.25, 0.3) is 0 Å². The lowest BCUT2D eigenvalue weighted by Crippen LogP contribution is -2.43. The maximum atomic E-state index is 12.3. The first-order chi connectivity index (χ1) is 28.0. The number of Topliss-reactive ketones (excluding diaryl/α,β-unsaturated/α-hetero) is 2. The van der Waals surface area contributed by atoms with Gasteiger partial charge >= 0.3 is 12.2 Å². The summed E-state index contributed by atoms with van der Waals surface area (Å²) >= 11 is 14.3. The van der Waals surface area contributed by atoms with Crippen molar-refractivity contribution in [2.75, 3.05) is 80.2 Å². The average molecular weight is 870 g/mol. The summed E-state index contributed by atoms with van der Waals surface area (Å²) in [4.78, 5) is 57.8. The van der Waals surface area contributed by atoms with Crippen LogP contribution in [0.3, 0.4) is 0 Å². The Kier molecular flexibility index (Phi) is 15.0. The van der Waals surface area contributed by atoms with E-state index in [9.17, 15) is 19.2 Å². The van der Waals surface area contributed by atoms with E-state index in [-0.39, 0.29) is 36.0 Å². The molecule has 2 aromatic carbocycles. The molecule has 0 radical (unpaired) electrons. The van der Waals surface area contributed by atoms with Crippen LogP contribution in [0.5, 0.6) is 0 Å². The zero-order valence-electron chi connectivity index (χ0n) is 32.4. The van der Waals surface area contributed by atoms with Crippen molar-refractivity contribution < 1.29 is 28.7 Å². The number of hydrogen-bond acceptors (Lipinski definition) is 14. The molecule has 2 saturated heterocycles. The van der Waals surface area contributed by atoms with E-state index in [0.29, 0.717) is 57.2 Å². The highest BCUT2D eigenvalue weighted by Gasteiger charge is 2.34. The van der Waals surface area contributed by atoms with Gasteiger partial charge in [0.1, 0.15) is 18.5 Å². The number of thiophene rings is 2. The summed E-state index contributed by atoms with van der Waals surface area (Å²) in [5.74, 6) is 0.0458. The molecule has 2 fully saturated rings. The number of nitrogens with one attached hydrogen (secondary N) is 2. The fourth-order valence-corrected chi connectivity index (χ4v) is 8.62. The maximum Gasteiger partial charge on any atom is 0.414 e. The van der Waals surface area contributed by atoms with E-state index in [1.165, 1.54) is 22.7 Å². The zero-order valence-corrected chi connectivity index (χ0v) is 35.6. The highest BCUT2D eigenvalue weighted by atomic mass is 35.5. The number of anilines is 4. The number of halogens is 2. The lowest BCUT2D eigenvalue weighted by atomic mass is 10.1. The number of carbonyl (C=O) groups is 4. The topological polar surface area (TPSA) is 139 Å². The van der Waals surface area contributed by atoms with Crippen LogP contribution in [0.15, 0.2) is 77.8 Å². The maximum absolute atomic E-state index is 12.3. The van der Waals surface area contributed by atoms with Gasteiger partial charge in [-0.15, -0.1) is 22.7 Å². The first-order valence-corrected chi connectivity index (χ1v) is 21.2. The number of ether oxygens (including phenoxy) is 2. The standard InChI is InChI=1S/C20H21ClN4O3S.C20H25ClN4O3S/c1-23-13-22-10-11-25(23)15-4-2-14(3-5-15)24-12-16(28-20(24)27)6-7-17(26)18-8-9-19(21)29-18;1-22-11-12-25(23-2)15-5-3-14(4-6-15)24-13-16(28-20(24)27)7-8-17(26)18-9-10-19(21)29-18/h2-5,8-9,13,16H,6-7,10-12H2,1H3;3-6,9-10,16,22-23H,7-8,11-13H2,1-2H3/t2*16-/m00/s1. The first kappa shape index (κ1) is 42.9. The van der Waals surface area contributed by atoms with Gasteiger partial charge in [0.05, 0.1) is 56.0 Å². The molecule has 2 aromatic heterocycles. The number of carbonyl (C=O) groups excluding carboxylic acids is 4. The normalized spacial score (nSPS) is 17.6. The van der Waals surface area contributed by atoms with Crippen molar-refractivity contribution in [2.45, 2.75) is 37.9 Å². The molecule has 2 atom stereocenters. The number of hydrazine groups is 2. The van der Waals surface area contributed by atoms with Gasteiger partial charge in [-0.25, -0.2) is 15.0 Å². The predicted octanol–water partition coefficient (Wildman–Crippen LogP) is 7.63. The van der Waals surface area contributed by atoms with Crippen LogP contribution in [0.1, 0.15) is 45.0 Å². The van der Waals surface area contributed by atoms with Crippen LogP contribution in [0.25, 0.3) is 0 Å². The summed E-state index contributed by atoms with van der Waals surface area (Å²) in [6.45, 7) is 4.09. The van der Waals surface area contributed by atoms with Crippen molar-refractivity contribution in [3.8, 4) is 0 Å². The molecule has 7 rings (SSSR count). The molecule has 5 heterocycles. The van der Waals surface area contributed by atoms with Crippen LogP contribution in [-0.2, 0) is 9.47 Å². The van der Waals surface area contributed by atoms with Gasteiger partial charge < -0.3 is 19.8 Å². The van der Waals surface area contributed by atoms with E-state index in [2.05, 4.69) is 20.7 Å². The number of amides is 2. The minimum absolute atomic E-state index is 0.0227. The summed E-state index contributed by atoms with van der Waals surface area (Å²) in [5, 5.41) is 9.20. The smallest absolute Gasteiger partial charge is 0.414 e. The van der Waals surface area contributed by atoms with E-state index in [4.69, 9.17) is 32.7 Å². The molecule has 0 spiro atoms. The fourth-order valence-electron chi connectivity index (χ4n) is 6.59. The highest BCUT2D eigenvalue weighted by molar-refractivity contribution is 7.18. The highest BCUT2D eigenvalue weighted by Crippen LogP contribution is 2.30. The van der Waals surface area contributed by atoms with Crippen LogP contribution >= 0.6 is 45.9 Å². The molecule has 14 nitrogen and oxygen atoms in total. The van der Waals surface area contributed by atoms with Crippen molar-refractivity contribution in [1.29, 1.82) is 0 Å². The van der Waals surface area contributed by atoms with Crippen LogP contribution < -0.4 is 30.6 Å². The summed E-state index contributed by atoms with van der Waals surface area (Å²) in [5.41, 5.74) is 6.76. The SMILES string of the molecule is CN1C=NCCN1c1ccc(N2C[C@H](CCC(=O)c3ccc(Cl)s3)OC2=O)cc1.CNCCN(NC)c1ccc(N2C[C@H](CCC(=O)c3ccc(Cl)s3)OC2=O)cc1. The van der Waals surface area contributed by atoms with E-state index >= 15 is 0 Å². The van der Waals surface area contributed by atoms with Crippen LogP contribution in [-0.4, -0.2) is 108 Å². The van der Waals surface area contributed by atoms with Gasteiger partial charge in [-0.05, 0) is 92.7 Å². The Hall–Kier alpha value is -4.71. The van der Waals surface area contributed by atoms with Gasteiger partial charge in [0, 0.05) is 51.4 Å². The molecule has 0 bridgehead atoms. The summed E-state index contributed by atoms with van der Waals surface area (Å²) in [6.07, 6.45) is 2.07. The molecule has 58 heavy (non-hydrogen) atoms. The van der Waals surface area contributed by atoms with E-state index in [1.54, 1.807) is 40.4 Å². The second-order valence-corrected chi connectivity index (χ2v) is 17.0. The second-order valence-electron chi connectivity index (χ2n) is 13.6. The Morgan fingerprint density at radius 3 is 1.72 bits per heavy atom. The van der Waals surface area contributed by atoms with Gasteiger partial charge in [0.15, 0.2) is 11.6 Å². The van der Waals surface area contributed by atoms with Crippen molar-refractivity contribution in [1.82, 2.24) is 15.8 Å². The predicted molar refractivity (Wildman–Crippen MR) is 233 cm³/mol. The zero-order chi connectivity index (χ0) is 41.2. The van der Waals surface area contributed by atoms with Crippen molar-refractivity contribution in [2.24, 2.45) is 4.99 Å². The lowest BCUT2D eigenvalue weighted by molar-refractivity contribution is 0.0939. The van der Waals surface area contributed by atoms with Crippen molar-refractivity contribution >= 4 is 98.7 Å². The van der Waals surface area contributed by atoms with E-state index in [0.717, 1.165) is 48.9 Å². The first-order valence-electron chi connectivity index (χ1n) is 18.9. The number of cyclic esters (lactones) is 2. The monoisotopic (exact) mass is 868 g/mol. The molecule has 2 amide bonds. The quantitative estimate of drug-likeness (QED) is 0.0849. The number of nitrogens with zero attached hydrogens (tertiary/aromatic N) is 6. The molecule has 3 aliphatic rings. The number of hydrogen-bond donors (Lipinski definition) is 2. The average Bonchev–Trinajstić information content (AvgIpc) is 4.04. The fraction of sp³-hybridized carbons (Fsp3) is 0.375. The molecule has 18 heteroatoms. The number of aliphatic imine (C=N–C) groups is 1. The summed E-state index contributed by atoms with van der Waals surface area (Å²) < 4.78 is 12.1. The Morgan fingerprint density at radius 1 is 0.776 bits per heavy atom. The molecular weight excluding hydrogens is 824 g/mol. The lowest BCUT2D eigenvalue weighted by Gasteiger charge is -2.34. The molecule has 2 N–H and O–H groups in total. The Morgan fingerprint density at radius 2 is 1.28 bits per heavy atom. The van der Waals surface area contributed by atoms with Crippen LogP contribution in [0.2, 0.25) is 8.67 Å². The van der Waals surface area contributed by atoms with Gasteiger partial charge in [-0.1, -0.05) is 23.2 Å². The molecule has 0 saturated carbocycles. The minimum atomic E-state index is -0.380. The number of ketones is 2. The van der Waals surface area contributed by atoms with Crippen LogP contribution in [0.4, 0.5) is 32.3 Å². The van der Waals surface area contributed by atoms with Gasteiger partial charge in [-0.2, -0.15) is 0 Å². The third-order valence-electron chi connectivity index (χ3n) is 9.69. The third-order valence-corrected chi connectivity index (χ3v) is 12.2. The summed E-state index contributed by atoms with van der Waals surface area (Å²) in [6, 6.07) is 22.4. The summed E-state index contributed by atoms with van der Waals surface area (Å²) in [7, 11) is 5.73. The Labute approximate surface area is 355 Å². The molecule has 0 unspecified atom stereocenters. The van der Waals surface area contributed by atoms with E-state index < -0.39 is 0 Å². The molecule has 4 aromatic rings. The molecule has 3 aliphatic heterocycles. The molecule has 0 aliphatic carbocycles. The second kappa shape index (κ2) is 20.3. The largest absolute Gasteiger partial charge is 0.444 e. The van der Waals surface area contributed by atoms with Gasteiger partial charge in [0.2, 0.25) is 0 Å². The molecule has 308 valence electrons. The van der Waals surface area contributed by atoms with Crippen molar-refractivity contribution in [3.63, 3.8) is 0 Å². The third kappa shape index (κ3) is 11.1. The van der Waals surface area contributed by atoms with E-state index in [1.807, 2.05) is 79.7 Å². The Balaban J connectivity index is 0.000000196. The van der Waals surface area contributed by atoms with Crippen molar-refractivity contribution in [3.05, 3.63) is 91.2 Å². The van der Waals surface area contributed by atoms with Crippen LogP contribution in [0, 0.1) is 0 Å².